The fourth-order valence-electron chi connectivity index (χ4n) is 1.70. The SMILES string of the molecule is NC(CCC(=O)O)Cc1cc([N+](=O)[O-])cc([N+](=O)[O-])c1. The van der Waals surface area contributed by atoms with E-state index in [0.29, 0.717) is 5.56 Å². The molecule has 1 atom stereocenters. The highest BCUT2D eigenvalue weighted by atomic mass is 16.6. The lowest BCUT2D eigenvalue weighted by atomic mass is 10.0. The number of benzene rings is 1. The van der Waals surface area contributed by atoms with E-state index in [2.05, 4.69) is 0 Å². The normalized spacial score (nSPS) is 11.8. The van der Waals surface area contributed by atoms with Crippen LogP contribution in [-0.4, -0.2) is 27.0 Å². The summed E-state index contributed by atoms with van der Waals surface area (Å²) in [4.78, 5) is 30.4. The summed E-state index contributed by atoms with van der Waals surface area (Å²) < 4.78 is 0. The number of hydrogen-bond acceptors (Lipinski definition) is 6. The predicted molar refractivity (Wildman–Crippen MR) is 68.3 cm³/mol. The second-order valence-electron chi connectivity index (χ2n) is 4.27. The van der Waals surface area contributed by atoms with Crippen molar-refractivity contribution in [2.45, 2.75) is 25.3 Å². The van der Waals surface area contributed by atoms with Crippen molar-refractivity contribution in [2.24, 2.45) is 5.73 Å². The van der Waals surface area contributed by atoms with Crippen molar-refractivity contribution in [1.29, 1.82) is 0 Å². The van der Waals surface area contributed by atoms with Crippen LogP contribution >= 0.6 is 0 Å². The van der Waals surface area contributed by atoms with Crippen molar-refractivity contribution >= 4 is 17.3 Å². The van der Waals surface area contributed by atoms with Crippen LogP contribution in [0.4, 0.5) is 11.4 Å². The average Bonchev–Trinajstić information content (AvgIpc) is 2.35. The predicted octanol–water partition coefficient (Wildman–Crippen LogP) is 1.24. The fourth-order valence-corrected chi connectivity index (χ4v) is 1.70. The van der Waals surface area contributed by atoms with Crippen molar-refractivity contribution < 1.29 is 19.7 Å². The number of nitro benzene ring substituents is 2. The van der Waals surface area contributed by atoms with Crippen LogP contribution in [0.2, 0.25) is 0 Å². The molecule has 0 aromatic heterocycles. The Kier molecular flexibility index (Phi) is 5.09. The maximum atomic E-state index is 10.7. The number of nitro groups is 2. The van der Waals surface area contributed by atoms with Gasteiger partial charge in [-0.2, -0.15) is 0 Å². The number of nitrogens with zero attached hydrogens (tertiary/aromatic N) is 2. The third-order valence-corrected chi connectivity index (χ3v) is 2.61. The maximum Gasteiger partial charge on any atom is 0.303 e. The fraction of sp³-hybridized carbons (Fsp3) is 0.364. The first kappa shape index (κ1) is 15.5. The van der Waals surface area contributed by atoms with Gasteiger partial charge in [0.1, 0.15) is 0 Å². The van der Waals surface area contributed by atoms with Gasteiger partial charge in [0.2, 0.25) is 0 Å². The van der Waals surface area contributed by atoms with Crippen LogP contribution < -0.4 is 5.73 Å². The van der Waals surface area contributed by atoms with Gasteiger partial charge in [0, 0.05) is 24.6 Å². The van der Waals surface area contributed by atoms with E-state index >= 15 is 0 Å². The van der Waals surface area contributed by atoms with Gasteiger partial charge in [0.05, 0.1) is 15.9 Å². The third-order valence-electron chi connectivity index (χ3n) is 2.61. The van der Waals surface area contributed by atoms with Crippen molar-refractivity contribution in [3.8, 4) is 0 Å². The van der Waals surface area contributed by atoms with E-state index < -0.39 is 21.9 Å². The van der Waals surface area contributed by atoms with E-state index in [9.17, 15) is 25.0 Å². The van der Waals surface area contributed by atoms with Crippen LogP contribution in [0, 0.1) is 20.2 Å². The topological polar surface area (TPSA) is 150 Å². The number of rotatable bonds is 7. The van der Waals surface area contributed by atoms with Gasteiger partial charge in [-0.05, 0) is 18.4 Å². The standard InChI is InChI=1S/C11H13N3O6/c12-8(1-2-11(15)16)3-7-4-9(13(17)18)6-10(5-7)14(19)20/h4-6,8H,1-3,12H2,(H,15,16). The smallest absolute Gasteiger partial charge is 0.303 e. The van der Waals surface area contributed by atoms with Crippen LogP contribution in [0.3, 0.4) is 0 Å². The molecule has 0 spiro atoms. The molecular weight excluding hydrogens is 270 g/mol. The number of hydrogen-bond donors (Lipinski definition) is 2. The molecule has 1 unspecified atom stereocenters. The molecule has 0 saturated heterocycles. The monoisotopic (exact) mass is 283 g/mol. The Morgan fingerprint density at radius 1 is 1.20 bits per heavy atom. The highest BCUT2D eigenvalue weighted by molar-refractivity contribution is 5.66. The quantitative estimate of drug-likeness (QED) is 0.564. The van der Waals surface area contributed by atoms with E-state index in [1.807, 2.05) is 0 Å². The molecule has 3 N–H and O–H groups in total. The first-order chi connectivity index (χ1) is 9.29. The summed E-state index contributed by atoms with van der Waals surface area (Å²) in [7, 11) is 0. The van der Waals surface area contributed by atoms with Gasteiger partial charge in [-0.3, -0.25) is 25.0 Å². The highest BCUT2D eigenvalue weighted by Gasteiger charge is 2.17. The van der Waals surface area contributed by atoms with E-state index in [1.54, 1.807) is 0 Å². The number of carbonyl (C=O) groups is 1. The summed E-state index contributed by atoms with van der Waals surface area (Å²) >= 11 is 0. The first-order valence-corrected chi connectivity index (χ1v) is 5.69. The largest absolute Gasteiger partial charge is 0.481 e. The Morgan fingerprint density at radius 3 is 2.10 bits per heavy atom. The zero-order chi connectivity index (χ0) is 15.3. The van der Waals surface area contributed by atoms with Crippen LogP contribution in [0.15, 0.2) is 18.2 Å². The Balaban J connectivity index is 2.90. The number of carboxylic acid groups (broad SMARTS) is 1. The average molecular weight is 283 g/mol. The van der Waals surface area contributed by atoms with Crippen LogP contribution in [0.25, 0.3) is 0 Å². The Bertz CT molecular complexity index is 513. The van der Waals surface area contributed by atoms with Gasteiger partial charge in [-0.15, -0.1) is 0 Å². The van der Waals surface area contributed by atoms with Crippen molar-refractivity contribution in [1.82, 2.24) is 0 Å². The number of aliphatic carboxylic acids is 1. The summed E-state index contributed by atoms with van der Waals surface area (Å²) in [6.45, 7) is 0. The minimum absolute atomic E-state index is 0.127. The van der Waals surface area contributed by atoms with E-state index in [-0.39, 0.29) is 30.6 Å². The molecule has 9 heteroatoms. The molecular formula is C11H13N3O6. The van der Waals surface area contributed by atoms with Crippen LogP contribution in [-0.2, 0) is 11.2 Å². The molecule has 0 heterocycles. The molecule has 1 rings (SSSR count). The molecule has 9 nitrogen and oxygen atoms in total. The zero-order valence-corrected chi connectivity index (χ0v) is 10.4. The second-order valence-corrected chi connectivity index (χ2v) is 4.27. The minimum Gasteiger partial charge on any atom is -0.481 e. The molecule has 0 saturated carbocycles. The molecule has 20 heavy (non-hydrogen) atoms. The van der Waals surface area contributed by atoms with Gasteiger partial charge in [0.15, 0.2) is 0 Å². The highest BCUT2D eigenvalue weighted by Crippen LogP contribution is 2.23. The van der Waals surface area contributed by atoms with Gasteiger partial charge in [-0.25, -0.2) is 0 Å². The zero-order valence-electron chi connectivity index (χ0n) is 10.4. The summed E-state index contributed by atoms with van der Waals surface area (Å²) in [5.74, 6) is -0.995. The molecule has 0 fully saturated rings. The third kappa shape index (κ3) is 4.61. The van der Waals surface area contributed by atoms with Crippen molar-refractivity contribution in [3.63, 3.8) is 0 Å². The van der Waals surface area contributed by atoms with E-state index in [1.165, 1.54) is 12.1 Å². The van der Waals surface area contributed by atoms with Crippen LogP contribution in [0.5, 0.6) is 0 Å². The molecule has 0 aliphatic carbocycles. The second kappa shape index (κ2) is 6.57. The van der Waals surface area contributed by atoms with Gasteiger partial charge in [-0.1, -0.05) is 0 Å². The molecule has 1 aromatic carbocycles. The van der Waals surface area contributed by atoms with Gasteiger partial charge < -0.3 is 10.8 Å². The maximum absolute atomic E-state index is 10.7. The molecule has 0 aliphatic heterocycles. The van der Waals surface area contributed by atoms with Crippen molar-refractivity contribution in [3.05, 3.63) is 44.0 Å². The molecule has 0 aliphatic rings. The van der Waals surface area contributed by atoms with Gasteiger partial charge in [0.25, 0.3) is 11.4 Å². The summed E-state index contributed by atoms with van der Waals surface area (Å²) in [6, 6.07) is 2.74. The lowest BCUT2D eigenvalue weighted by Gasteiger charge is -2.10. The summed E-state index contributed by atoms with van der Waals surface area (Å²) in [5.41, 5.74) is 5.26. The first-order valence-electron chi connectivity index (χ1n) is 5.69. The molecule has 0 radical (unpaired) electrons. The van der Waals surface area contributed by atoms with E-state index in [0.717, 1.165) is 6.07 Å². The van der Waals surface area contributed by atoms with Crippen molar-refractivity contribution in [2.75, 3.05) is 0 Å². The van der Waals surface area contributed by atoms with E-state index in [4.69, 9.17) is 10.8 Å². The molecule has 108 valence electrons. The molecule has 0 amide bonds. The molecule has 0 bridgehead atoms. The lowest BCUT2D eigenvalue weighted by Crippen LogP contribution is -2.23. The minimum atomic E-state index is -0.995. The van der Waals surface area contributed by atoms with Crippen LogP contribution in [0.1, 0.15) is 18.4 Å². The number of nitrogens with two attached hydrogens (primary N) is 1. The lowest BCUT2D eigenvalue weighted by molar-refractivity contribution is -0.394. The Hall–Kier alpha value is -2.55. The Morgan fingerprint density at radius 2 is 1.70 bits per heavy atom. The number of carboxylic acids is 1. The van der Waals surface area contributed by atoms with Gasteiger partial charge >= 0.3 is 5.97 Å². The summed E-state index contributed by atoms with van der Waals surface area (Å²) in [6.07, 6.45) is 0.194. The molecule has 1 aromatic rings. The Labute approximate surface area is 113 Å². The number of non-ortho nitro benzene ring substituents is 2. The summed E-state index contributed by atoms with van der Waals surface area (Å²) in [5, 5.41) is 29.9.